The van der Waals surface area contributed by atoms with E-state index >= 15 is 0 Å². The quantitative estimate of drug-likeness (QED) is 0.590. The normalized spacial score (nSPS) is 16.9. The molecule has 2 aliphatic heterocycles. The second-order valence-electron chi connectivity index (χ2n) is 8.94. The zero-order valence-electron chi connectivity index (χ0n) is 18.7. The highest BCUT2D eigenvalue weighted by Gasteiger charge is 2.51. The lowest BCUT2D eigenvalue weighted by Gasteiger charge is -2.47. The lowest BCUT2D eigenvalue weighted by atomic mass is 9.76. The average Bonchev–Trinajstić information content (AvgIpc) is 3.37. The first-order valence-corrected chi connectivity index (χ1v) is 10.9. The smallest absolute Gasteiger partial charge is 0.383 e. The Morgan fingerprint density at radius 3 is 2.69 bits per heavy atom. The molecule has 0 unspecified atom stereocenters. The number of nitrogens with one attached hydrogen (secondary N) is 1. The summed E-state index contributed by atoms with van der Waals surface area (Å²) in [6.45, 7) is 3.42. The molecule has 1 spiro atoms. The van der Waals surface area contributed by atoms with Gasteiger partial charge in [0.25, 0.3) is 0 Å². The fourth-order valence-electron chi connectivity index (χ4n) is 4.68. The minimum absolute atomic E-state index is 0.219. The van der Waals surface area contributed by atoms with Crippen molar-refractivity contribution in [3.05, 3.63) is 59.2 Å². The number of nitrogen functional groups attached to an aromatic ring is 1. The summed E-state index contributed by atoms with van der Waals surface area (Å²) in [5.74, 6) is -0.573. The number of likely N-dealkylation sites (tertiary alicyclic amines) is 1. The monoisotopic (exact) mass is 482 g/mol. The van der Waals surface area contributed by atoms with Gasteiger partial charge in [-0.1, -0.05) is 6.07 Å². The molecule has 9 nitrogen and oxygen atoms in total. The summed E-state index contributed by atoms with van der Waals surface area (Å²) in [6.07, 6.45) is -0.963. The Labute approximate surface area is 198 Å². The van der Waals surface area contributed by atoms with Gasteiger partial charge in [0, 0.05) is 48.7 Å². The van der Waals surface area contributed by atoms with Gasteiger partial charge in [-0.15, -0.1) is 0 Å². The topological polar surface area (TPSA) is 126 Å². The number of carbonyl (C=O) groups is 1. The molecule has 0 aromatic carbocycles. The number of halogens is 3. The first kappa shape index (κ1) is 22.6. The lowest BCUT2D eigenvalue weighted by molar-refractivity contribution is -0.137. The second kappa shape index (κ2) is 7.97. The fourth-order valence-corrected chi connectivity index (χ4v) is 4.68. The van der Waals surface area contributed by atoms with E-state index in [0.717, 1.165) is 23.7 Å². The van der Waals surface area contributed by atoms with E-state index in [4.69, 9.17) is 11.0 Å². The molecular weight excluding hydrogens is 461 g/mol. The van der Waals surface area contributed by atoms with Gasteiger partial charge in [-0.05, 0) is 37.1 Å². The first-order chi connectivity index (χ1) is 16.6. The van der Waals surface area contributed by atoms with E-state index in [1.807, 2.05) is 13.0 Å². The maximum absolute atomic E-state index is 13.2. The summed E-state index contributed by atoms with van der Waals surface area (Å²) in [7, 11) is 0. The number of rotatable bonds is 3. The van der Waals surface area contributed by atoms with Gasteiger partial charge in [-0.2, -0.15) is 23.5 Å². The van der Waals surface area contributed by atoms with Gasteiger partial charge in [-0.3, -0.25) is 4.68 Å². The number of nitriles is 1. The van der Waals surface area contributed by atoms with Gasteiger partial charge >= 0.3 is 12.2 Å². The van der Waals surface area contributed by atoms with Crippen LogP contribution in [0.5, 0.6) is 0 Å². The first-order valence-electron chi connectivity index (χ1n) is 10.9. The summed E-state index contributed by atoms with van der Waals surface area (Å²) in [5, 5.41) is 16.3. The number of urea groups is 1. The number of hydrogen-bond donors (Lipinski definition) is 2. The molecule has 35 heavy (non-hydrogen) atoms. The van der Waals surface area contributed by atoms with Crippen molar-refractivity contribution in [2.75, 3.05) is 18.8 Å². The number of amides is 2. The minimum atomic E-state index is -4.61. The highest BCUT2D eigenvalue weighted by atomic mass is 19.4. The molecule has 3 N–H and O–H groups in total. The Balaban J connectivity index is 1.28. The predicted molar refractivity (Wildman–Crippen MR) is 119 cm³/mol. The Bertz CT molecular complexity index is 1340. The third-order valence-electron chi connectivity index (χ3n) is 6.66. The molecule has 5 heterocycles. The van der Waals surface area contributed by atoms with Crippen molar-refractivity contribution in [3.8, 4) is 17.3 Å². The van der Waals surface area contributed by atoms with Crippen LogP contribution in [-0.2, 0) is 18.1 Å². The maximum atomic E-state index is 13.2. The molecule has 1 fully saturated rings. The van der Waals surface area contributed by atoms with Gasteiger partial charge in [0.05, 0.1) is 17.3 Å². The largest absolute Gasteiger partial charge is 0.419 e. The van der Waals surface area contributed by atoms with Gasteiger partial charge in [0.1, 0.15) is 17.6 Å². The van der Waals surface area contributed by atoms with E-state index in [9.17, 15) is 18.0 Å². The van der Waals surface area contributed by atoms with Crippen molar-refractivity contribution in [3.63, 3.8) is 0 Å². The number of carbonyl (C=O) groups excluding carboxylic acids is 1. The van der Waals surface area contributed by atoms with Gasteiger partial charge < -0.3 is 16.0 Å². The minimum Gasteiger partial charge on any atom is -0.383 e. The van der Waals surface area contributed by atoms with E-state index in [1.54, 1.807) is 34.0 Å². The number of pyridine rings is 2. The van der Waals surface area contributed by atoms with Crippen LogP contribution in [0.15, 0.2) is 36.7 Å². The number of nitrogens with zero attached hydrogens (tertiary/aromatic N) is 6. The number of aryl methyl sites for hydroxylation is 1. The highest BCUT2D eigenvalue weighted by molar-refractivity contribution is 5.76. The predicted octanol–water partition coefficient (Wildman–Crippen LogP) is 3.24. The van der Waals surface area contributed by atoms with Crippen molar-refractivity contribution >= 4 is 11.8 Å². The van der Waals surface area contributed by atoms with E-state index in [2.05, 4.69) is 20.4 Å². The number of hydrogen-bond acceptors (Lipinski definition) is 6. The molecule has 0 saturated carbocycles. The zero-order valence-corrected chi connectivity index (χ0v) is 18.7. The molecular formula is C23H21F3N8O. The fraction of sp³-hybridized carbons (Fsp3) is 0.348. The van der Waals surface area contributed by atoms with E-state index in [1.165, 1.54) is 6.20 Å². The Morgan fingerprint density at radius 2 is 2.03 bits per heavy atom. The molecule has 12 heteroatoms. The SMILES string of the molecule is C[C@@H](NC(=O)N1CC2(CCn3nc(-c4cnc(N)c(C(F)(F)F)c4)cc32)C1)c1ccc(C#N)nc1. The average molecular weight is 482 g/mol. The molecule has 1 atom stereocenters. The third-order valence-corrected chi connectivity index (χ3v) is 6.66. The molecule has 5 rings (SSSR count). The van der Waals surface area contributed by atoms with Crippen LogP contribution in [0.1, 0.15) is 41.9 Å². The zero-order chi connectivity index (χ0) is 25.0. The van der Waals surface area contributed by atoms with Crippen molar-refractivity contribution in [1.82, 2.24) is 30.0 Å². The molecule has 180 valence electrons. The van der Waals surface area contributed by atoms with Crippen LogP contribution < -0.4 is 11.1 Å². The molecule has 3 aromatic heterocycles. The summed E-state index contributed by atoms with van der Waals surface area (Å²) in [6, 6.07) is 7.54. The number of fused-ring (bicyclic) bond motifs is 2. The molecule has 3 aromatic rings. The van der Waals surface area contributed by atoms with Crippen LogP contribution in [0.25, 0.3) is 11.3 Å². The summed E-state index contributed by atoms with van der Waals surface area (Å²) >= 11 is 0. The Hall–Kier alpha value is -4.14. The van der Waals surface area contributed by atoms with E-state index < -0.39 is 17.6 Å². The van der Waals surface area contributed by atoms with Crippen molar-refractivity contribution in [1.29, 1.82) is 5.26 Å². The Morgan fingerprint density at radius 1 is 1.26 bits per heavy atom. The summed E-state index contributed by atoms with van der Waals surface area (Å²) < 4.78 is 41.5. The molecule has 1 saturated heterocycles. The van der Waals surface area contributed by atoms with Crippen molar-refractivity contribution in [2.45, 2.75) is 37.5 Å². The number of aromatic nitrogens is 4. The van der Waals surface area contributed by atoms with Crippen LogP contribution in [-0.4, -0.2) is 43.8 Å². The third kappa shape index (κ3) is 3.92. The molecule has 2 aliphatic rings. The van der Waals surface area contributed by atoms with Gasteiger partial charge in [0.15, 0.2) is 0 Å². The number of anilines is 1. The number of alkyl halides is 3. The lowest BCUT2D eigenvalue weighted by Crippen LogP contribution is -2.62. The van der Waals surface area contributed by atoms with Crippen molar-refractivity contribution < 1.29 is 18.0 Å². The second-order valence-corrected chi connectivity index (χ2v) is 8.94. The molecule has 2 amide bonds. The molecule has 0 radical (unpaired) electrons. The van der Waals surface area contributed by atoms with Crippen LogP contribution >= 0.6 is 0 Å². The summed E-state index contributed by atoms with van der Waals surface area (Å²) in [4.78, 5) is 22.2. The highest BCUT2D eigenvalue weighted by Crippen LogP contribution is 2.44. The van der Waals surface area contributed by atoms with Gasteiger partial charge in [-0.25, -0.2) is 14.8 Å². The van der Waals surface area contributed by atoms with Crippen molar-refractivity contribution in [2.24, 2.45) is 0 Å². The van der Waals surface area contributed by atoms with E-state index in [0.29, 0.717) is 31.0 Å². The summed E-state index contributed by atoms with van der Waals surface area (Å²) in [5.41, 5.74) is 6.75. The molecule has 0 bridgehead atoms. The van der Waals surface area contributed by atoms with Crippen LogP contribution in [0.3, 0.4) is 0 Å². The maximum Gasteiger partial charge on any atom is 0.419 e. The standard InChI is InChI=1S/C23H21F3N8O/c1-13(14-2-3-16(8-27)29-9-14)31-21(35)33-11-22(12-33)4-5-34-19(22)7-18(32-34)15-6-17(23(24,25)26)20(28)30-10-15/h2-3,6-7,9-10,13H,4-5,11-12H2,1H3,(H2,28,30)(H,31,35)/t13-/m1/s1. The van der Waals surface area contributed by atoms with Crippen LogP contribution in [0.4, 0.5) is 23.8 Å². The van der Waals surface area contributed by atoms with Crippen LogP contribution in [0, 0.1) is 11.3 Å². The van der Waals surface area contributed by atoms with E-state index in [-0.39, 0.29) is 23.1 Å². The molecule has 0 aliphatic carbocycles. The van der Waals surface area contributed by atoms with Crippen LogP contribution in [0.2, 0.25) is 0 Å². The number of nitrogens with two attached hydrogens (primary N) is 1. The van der Waals surface area contributed by atoms with Gasteiger partial charge in [0.2, 0.25) is 0 Å². The Kier molecular flexibility index (Phi) is 5.16.